The first-order valence-electron chi connectivity index (χ1n) is 6.79. The van der Waals surface area contributed by atoms with Crippen LogP contribution in [0.4, 0.5) is 0 Å². The van der Waals surface area contributed by atoms with Crippen LogP contribution in [0.15, 0.2) is 12.3 Å². The molecule has 1 aliphatic heterocycles. The highest BCUT2D eigenvalue weighted by molar-refractivity contribution is 7.86. The van der Waals surface area contributed by atoms with Crippen molar-refractivity contribution >= 4 is 37.7 Å². The molecule has 2 aromatic heterocycles. The van der Waals surface area contributed by atoms with Gasteiger partial charge in [-0.25, -0.2) is 0 Å². The highest BCUT2D eigenvalue weighted by atomic mass is 32.2. The Morgan fingerprint density at radius 3 is 2.59 bits per heavy atom. The van der Waals surface area contributed by atoms with Crippen molar-refractivity contribution in [2.45, 2.75) is 0 Å². The van der Waals surface area contributed by atoms with Crippen LogP contribution in [0, 0.1) is 0 Å². The molecule has 0 aliphatic carbocycles. The monoisotopic (exact) mass is 343 g/mol. The second-order valence-electron chi connectivity index (χ2n) is 5.25. The lowest BCUT2D eigenvalue weighted by Crippen LogP contribution is -2.52. The van der Waals surface area contributed by atoms with Crippen molar-refractivity contribution in [3.63, 3.8) is 0 Å². The predicted molar refractivity (Wildman–Crippen MR) is 84.1 cm³/mol. The number of nitrogens with zero attached hydrogens (tertiary/aromatic N) is 4. The molecule has 1 fully saturated rings. The fraction of sp³-hybridized carbons (Fsp3) is 0.500. The van der Waals surface area contributed by atoms with E-state index in [1.807, 2.05) is 6.07 Å². The minimum absolute atomic E-state index is 0.0588. The first kappa shape index (κ1) is 15.4. The SMILES string of the molecule is CN(C)S(=O)(=O)N1CCN(C(=O)c2cc3cn[nH]c3s2)CC1. The third-order valence-corrected chi connectivity index (χ3v) is 6.64. The second-order valence-corrected chi connectivity index (χ2v) is 8.44. The van der Waals surface area contributed by atoms with Gasteiger partial charge in [0.05, 0.1) is 11.1 Å². The summed E-state index contributed by atoms with van der Waals surface area (Å²) in [5, 5.41) is 7.67. The van der Waals surface area contributed by atoms with Gasteiger partial charge in [0.25, 0.3) is 16.1 Å². The van der Waals surface area contributed by atoms with E-state index in [2.05, 4.69) is 10.2 Å². The highest BCUT2D eigenvalue weighted by Crippen LogP contribution is 2.25. The highest BCUT2D eigenvalue weighted by Gasteiger charge is 2.31. The van der Waals surface area contributed by atoms with Gasteiger partial charge in [-0.1, -0.05) is 0 Å². The Hall–Kier alpha value is -1.49. The third kappa shape index (κ3) is 2.62. The number of H-pyrrole nitrogens is 1. The van der Waals surface area contributed by atoms with Crippen LogP contribution in [-0.4, -0.2) is 78.3 Å². The summed E-state index contributed by atoms with van der Waals surface area (Å²) in [5.41, 5.74) is 0. The van der Waals surface area contributed by atoms with Gasteiger partial charge in [-0.05, 0) is 6.07 Å². The zero-order valence-electron chi connectivity index (χ0n) is 12.3. The summed E-state index contributed by atoms with van der Waals surface area (Å²) in [6.45, 7) is 1.43. The molecule has 10 heteroatoms. The number of carbonyl (C=O) groups excluding carboxylic acids is 1. The molecule has 0 aromatic carbocycles. The summed E-state index contributed by atoms with van der Waals surface area (Å²) in [6.07, 6.45) is 1.68. The number of hydrogen-bond acceptors (Lipinski definition) is 5. The molecule has 2 aromatic rings. The van der Waals surface area contributed by atoms with E-state index in [1.165, 1.54) is 34.0 Å². The van der Waals surface area contributed by atoms with Crippen molar-refractivity contribution in [1.29, 1.82) is 0 Å². The second kappa shape index (κ2) is 5.61. The molecule has 22 heavy (non-hydrogen) atoms. The van der Waals surface area contributed by atoms with Crippen LogP contribution in [0.3, 0.4) is 0 Å². The Balaban J connectivity index is 1.68. The number of piperazine rings is 1. The van der Waals surface area contributed by atoms with Crippen molar-refractivity contribution in [1.82, 2.24) is 23.7 Å². The zero-order chi connectivity index (χ0) is 15.9. The molecule has 3 heterocycles. The van der Waals surface area contributed by atoms with E-state index in [0.29, 0.717) is 31.1 Å². The summed E-state index contributed by atoms with van der Waals surface area (Å²) >= 11 is 1.37. The van der Waals surface area contributed by atoms with E-state index in [-0.39, 0.29) is 5.91 Å². The Morgan fingerprint density at radius 2 is 2.00 bits per heavy atom. The first-order valence-corrected chi connectivity index (χ1v) is 9.01. The van der Waals surface area contributed by atoms with E-state index >= 15 is 0 Å². The van der Waals surface area contributed by atoms with Crippen LogP contribution >= 0.6 is 11.3 Å². The fourth-order valence-corrected chi connectivity index (χ4v) is 4.40. The van der Waals surface area contributed by atoms with E-state index in [0.717, 1.165) is 10.2 Å². The van der Waals surface area contributed by atoms with Crippen LogP contribution in [0.5, 0.6) is 0 Å². The summed E-state index contributed by atoms with van der Waals surface area (Å²) in [4.78, 5) is 15.7. The Bertz CT molecular complexity index is 758. The van der Waals surface area contributed by atoms with Gasteiger partial charge >= 0.3 is 0 Å². The van der Waals surface area contributed by atoms with Crippen molar-refractivity contribution in [2.24, 2.45) is 0 Å². The van der Waals surface area contributed by atoms with E-state index in [4.69, 9.17) is 0 Å². The molecule has 1 aliphatic rings. The minimum atomic E-state index is -3.41. The largest absolute Gasteiger partial charge is 0.335 e. The zero-order valence-corrected chi connectivity index (χ0v) is 13.9. The number of aromatic amines is 1. The molecule has 0 spiro atoms. The third-order valence-electron chi connectivity index (χ3n) is 3.65. The maximum Gasteiger partial charge on any atom is 0.281 e. The standard InChI is InChI=1S/C12H17N5O3S2/c1-15(2)22(19,20)17-5-3-16(4-6-17)12(18)10-7-9-8-13-14-11(9)21-10/h7-8H,3-6H2,1-2H3,(H,13,14). The lowest BCUT2D eigenvalue weighted by Gasteiger charge is -2.34. The molecular formula is C12H17N5O3S2. The molecule has 0 radical (unpaired) electrons. The van der Waals surface area contributed by atoms with Gasteiger partial charge in [0.15, 0.2) is 0 Å². The van der Waals surface area contributed by atoms with Crippen LogP contribution in [-0.2, 0) is 10.2 Å². The molecular weight excluding hydrogens is 326 g/mol. The number of rotatable bonds is 3. The molecule has 1 N–H and O–H groups in total. The maximum absolute atomic E-state index is 12.5. The normalized spacial score (nSPS) is 17.5. The summed E-state index contributed by atoms with van der Waals surface area (Å²) < 4.78 is 26.7. The number of amides is 1. The molecule has 0 bridgehead atoms. The number of fused-ring (bicyclic) bond motifs is 1. The lowest BCUT2D eigenvalue weighted by molar-refractivity contribution is 0.0700. The van der Waals surface area contributed by atoms with Crippen LogP contribution in [0.2, 0.25) is 0 Å². The van der Waals surface area contributed by atoms with Crippen LogP contribution in [0.1, 0.15) is 9.67 Å². The predicted octanol–water partition coefficient (Wildman–Crippen LogP) is 0.189. The lowest BCUT2D eigenvalue weighted by atomic mass is 10.3. The smallest absolute Gasteiger partial charge is 0.281 e. The van der Waals surface area contributed by atoms with E-state index < -0.39 is 10.2 Å². The molecule has 8 nitrogen and oxygen atoms in total. The number of nitrogens with one attached hydrogen (secondary N) is 1. The van der Waals surface area contributed by atoms with Gasteiger partial charge in [0.1, 0.15) is 4.83 Å². The minimum Gasteiger partial charge on any atom is -0.335 e. The van der Waals surface area contributed by atoms with Gasteiger partial charge in [-0.3, -0.25) is 9.89 Å². The van der Waals surface area contributed by atoms with E-state index in [1.54, 1.807) is 11.1 Å². The molecule has 1 amide bonds. The quantitative estimate of drug-likeness (QED) is 0.861. The average Bonchev–Trinajstić information content (AvgIpc) is 3.07. The first-order chi connectivity index (χ1) is 10.4. The number of carbonyl (C=O) groups is 1. The number of thiophene rings is 1. The van der Waals surface area contributed by atoms with Crippen molar-refractivity contribution in [3.8, 4) is 0 Å². The summed E-state index contributed by atoms with van der Waals surface area (Å²) in [5.74, 6) is -0.0588. The van der Waals surface area contributed by atoms with Gasteiger partial charge in [0, 0.05) is 45.7 Å². The topological polar surface area (TPSA) is 89.6 Å². The Labute approximate surface area is 132 Å². The van der Waals surface area contributed by atoms with Gasteiger partial charge in [-0.2, -0.15) is 22.1 Å². The number of aromatic nitrogens is 2. The maximum atomic E-state index is 12.5. The Kier molecular flexibility index (Phi) is 3.93. The van der Waals surface area contributed by atoms with Crippen molar-refractivity contribution < 1.29 is 13.2 Å². The summed E-state index contributed by atoms with van der Waals surface area (Å²) in [6, 6.07) is 1.81. The number of hydrogen-bond donors (Lipinski definition) is 1. The van der Waals surface area contributed by atoms with Crippen molar-refractivity contribution in [3.05, 3.63) is 17.1 Å². The molecule has 0 unspecified atom stereocenters. The van der Waals surface area contributed by atoms with Gasteiger partial charge in [-0.15, -0.1) is 11.3 Å². The molecule has 1 saturated heterocycles. The molecule has 3 rings (SSSR count). The van der Waals surface area contributed by atoms with E-state index in [9.17, 15) is 13.2 Å². The molecule has 0 atom stereocenters. The van der Waals surface area contributed by atoms with Gasteiger partial charge in [0.2, 0.25) is 0 Å². The Morgan fingerprint density at radius 1 is 1.32 bits per heavy atom. The van der Waals surface area contributed by atoms with Crippen LogP contribution < -0.4 is 0 Å². The molecule has 120 valence electrons. The van der Waals surface area contributed by atoms with Crippen molar-refractivity contribution in [2.75, 3.05) is 40.3 Å². The van der Waals surface area contributed by atoms with Gasteiger partial charge < -0.3 is 4.90 Å². The fourth-order valence-electron chi connectivity index (χ4n) is 2.36. The average molecular weight is 343 g/mol. The van der Waals surface area contributed by atoms with Crippen LogP contribution in [0.25, 0.3) is 10.2 Å². The summed E-state index contributed by atoms with van der Waals surface area (Å²) in [7, 11) is -0.390. The molecule has 0 saturated carbocycles.